The van der Waals surface area contributed by atoms with Crippen molar-refractivity contribution in [1.29, 1.82) is 0 Å². The highest BCUT2D eigenvalue weighted by Gasteiger charge is 2.66. The molecule has 3 aliphatic rings. The topological polar surface area (TPSA) is 17.1 Å². The molecule has 1 fully saturated rings. The van der Waals surface area contributed by atoms with E-state index < -0.39 is 5.41 Å². The maximum atomic E-state index is 14.2. The molecule has 0 aliphatic heterocycles. The summed E-state index contributed by atoms with van der Waals surface area (Å²) in [5.41, 5.74) is 7.23. The summed E-state index contributed by atoms with van der Waals surface area (Å²) in [4.78, 5) is 14.2. The molecule has 27 heavy (non-hydrogen) atoms. The average Bonchev–Trinajstić information content (AvgIpc) is 3.18. The van der Waals surface area contributed by atoms with Crippen LogP contribution in [0.3, 0.4) is 0 Å². The molecule has 0 radical (unpaired) electrons. The lowest BCUT2D eigenvalue weighted by Gasteiger charge is -2.49. The Balaban J connectivity index is 1.83. The number of carbonyl (C=O) groups excluding carboxylic acids is 1. The van der Waals surface area contributed by atoms with E-state index in [4.69, 9.17) is 0 Å². The molecule has 2 aromatic carbocycles. The second kappa shape index (κ2) is 5.79. The highest BCUT2D eigenvalue weighted by atomic mass is 16.1. The lowest BCUT2D eigenvalue weighted by molar-refractivity contribution is -0.121. The van der Waals surface area contributed by atoms with Crippen molar-refractivity contribution in [1.82, 2.24) is 0 Å². The summed E-state index contributed by atoms with van der Waals surface area (Å²) in [5.74, 6) is 0.362. The Kier molecular flexibility index (Phi) is 3.59. The van der Waals surface area contributed by atoms with Crippen molar-refractivity contribution in [2.75, 3.05) is 0 Å². The Labute approximate surface area is 161 Å². The van der Waals surface area contributed by atoms with Crippen LogP contribution in [-0.2, 0) is 10.2 Å². The molecule has 0 aromatic heterocycles. The zero-order chi connectivity index (χ0) is 18.6. The van der Waals surface area contributed by atoms with Gasteiger partial charge in [-0.3, -0.25) is 4.79 Å². The predicted octanol–water partition coefficient (Wildman–Crippen LogP) is 6.26. The normalized spacial score (nSPS) is 29.9. The fourth-order valence-electron chi connectivity index (χ4n) is 6.25. The quantitative estimate of drug-likeness (QED) is 0.582. The Hall–Kier alpha value is -2.41. The molecule has 0 heterocycles. The van der Waals surface area contributed by atoms with E-state index in [-0.39, 0.29) is 5.41 Å². The minimum absolute atomic E-state index is 0.0276. The van der Waals surface area contributed by atoms with E-state index in [0.29, 0.717) is 5.78 Å². The van der Waals surface area contributed by atoms with Crippen molar-refractivity contribution in [2.24, 2.45) is 5.41 Å². The van der Waals surface area contributed by atoms with Gasteiger partial charge in [0.25, 0.3) is 0 Å². The number of hydrogen-bond acceptors (Lipinski definition) is 1. The molecule has 0 saturated heterocycles. The first-order valence-corrected chi connectivity index (χ1v) is 10.1. The van der Waals surface area contributed by atoms with Crippen LogP contribution >= 0.6 is 0 Å². The Morgan fingerprint density at radius 1 is 0.815 bits per heavy atom. The third-order valence-electron chi connectivity index (χ3n) is 7.50. The molecule has 5 rings (SSSR count). The first kappa shape index (κ1) is 16.7. The van der Waals surface area contributed by atoms with Gasteiger partial charge in [0, 0.05) is 11.0 Å². The minimum atomic E-state index is -0.422. The molecule has 1 heteroatoms. The molecule has 3 aliphatic carbocycles. The summed E-state index contributed by atoms with van der Waals surface area (Å²) >= 11 is 0. The molecule has 1 saturated carbocycles. The number of carbonyl (C=O) groups is 1. The van der Waals surface area contributed by atoms with Gasteiger partial charge in [0.05, 0.1) is 5.41 Å². The molecule has 1 nitrogen and oxygen atoms in total. The van der Waals surface area contributed by atoms with Gasteiger partial charge >= 0.3 is 0 Å². The van der Waals surface area contributed by atoms with Crippen molar-refractivity contribution in [2.45, 2.75) is 51.4 Å². The molecule has 0 amide bonds. The van der Waals surface area contributed by atoms with E-state index in [1.54, 1.807) is 0 Å². The standard InChI is InChI=1S/C26H26O/c1-18-16-25-15-9-14-22(25)23(20-10-5-3-6-11-20)24(27)26(25,17-19(18)2)21-12-7-4-8-13-21/h3-8,10-13H,9,14-17H2,1-2H3/t25?,26-/m0/s1. The lowest BCUT2D eigenvalue weighted by Crippen LogP contribution is -2.49. The Morgan fingerprint density at radius 3 is 2.15 bits per heavy atom. The molecule has 2 atom stereocenters. The van der Waals surface area contributed by atoms with E-state index in [1.807, 2.05) is 6.07 Å². The summed E-state index contributed by atoms with van der Waals surface area (Å²) in [6, 6.07) is 21.0. The van der Waals surface area contributed by atoms with Crippen molar-refractivity contribution in [3.8, 4) is 0 Å². The fourth-order valence-corrected chi connectivity index (χ4v) is 6.25. The maximum Gasteiger partial charge on any atom is 0.175 e. The fraction of sp³-hybridized carbons (Fsp3) is 0.346. The smallest absolute Gasteiger partial charge is 0.175 e. The summed E-state index contributed by atoms with van der Waals surface area (Å²) in [6.45, 7) is 4.51. The van der Waals surface area contributed by atoms with Crippen LogP contribution < -0.4 is 0 Å². The van der Waals surface area contributed by atoms with Crippen molar-refractivity contribution < 1.29 is 4.79 Å². The molecular formula is C26H26O. The maximum absolute atomic E-state index is 14.2. The molecule has 1 unspecified atom stereocenters. The molecule has 0 N–H and O–H groups in total. The summed E-state index contributed by atoms with van der Waals surface area (Å²) < 4.78 is 0. The zero-order valence-corrected chi connectivity index (χ0v) is 16.2. The van der Waals surface area contributed by atoms with Crippen LogP contribution in [0.1, 0.15) is 57.1 Å². The summed E-state index contributed by atoms with van der Waals surface area (Å²) in [7, 11) is 0. The van der Waals surface area contributed by atoms with Crippen LogP contribution in [-0.4, -0.2) is 5.78 Å². The van der Waals surface area contributed by atoms with Gasteiger partial charge in [-0.25, -0.2) is 0 Å². The van der Waals surface area contributed by atoms with Crippen LogP contribution in [0, 0.1) is 5.41 Å². The molecular weight excluding hydrogens is 328 g/mol. The van der Waals surface area contributed by atoms with E-state index in [1.165, 1.54) is 28.7 Å². The summed E-state index contributed by atoms with van der Waals surface area (Å²) in [5, 5.41) is 0. The van der Waals surface area contributed by atoms with E-state index >= 15 is 0 Å². The predicted molar refractivity (Wildman–Crippen MR) is 110 cm³/mol. The highest BCUT2D eigenvalue weighted by Crippen LogP contribution is 2.70. The van der Waals surface area contributed by atoms with Gasteiger partial charge in [0.15, 0.2) is 5.78 Å². The minimum Gasteiger partial charge on any atom is -0.293 e. The third-order valence-corrected chi connectivity index (χ3v) is 7.50. The van der Waals surface area contributed by atoms with Gasteiger partial charge in [-0.05, 0) is 57.1 Å². The lowest BCUT2D eigenvalue weighted by atomic mass is 9.52. The number of benzene rings is 2. The van der Waals surface area contributed by atoms with Crippen LogP contribution in [0.2, 0.25) is 0 Å². The number of ketones is 1. The van der Waals surface area contributed by atoms with Crippen molar-refractivity contribution in [3.63, 3.8) is 0 Å². The van der Waals surface area contributed by atoms with Gasteiger partial charge in [-0.15, -0.1) is 0 Å². The van der Waals surface area contributed by atoms with Crippen molar-refractivity contribution >= 4 is 11.4 Å². The van der Waals surface area contributed by atoms with E-state index in [9.17, 15) is 4.79 Å². The van der Waals surface area contributed by atoms with Crippen LogP contribution in [0.4, 0.5) is 0 Å². The third kappa shape index (κ3) is 2.03. The number of Topliss-reactive ketones (excluding diaryl/α,β-unsaturated/α-hetero) is 1. The summed E-state index contributed by atoms with van der Waals surface area (Å²) in [6.07, 6.45) is 5.29. The van der Waals surface area contributed by atoms with Crippen LogP contribution in [0.5, 0.6) is 0 Å². The van der Waals surface area contributed by atoms with Gasteiger partial charge in [-0.1, -0.05) is 77.4 Å². The van der Waals surface area contributed by atoms with E-state index in [2.05, 4.69) is 68.4 Å². The SMILES string of the molecule is CC1=C(C)C[C@]2(c3ccccc3)C(=O)C(c3ccccc3)=C3CCCC32C1. The number of hydrogen-bond donors (Lipinski definition) is 0. The molecule has 136 valence electrons. The first-order chi connectivity index (χ1) is 13.1. The second-order valence-corrected chi connectivity index (χ2v) is 8.67. The average molecular weight is 354 g/mol. The van der Waals surface area contributed by atoms with Gasteiger partial charge in [0.1, 0.15) is 0 Å². The van der Waals surface area contributed by atoms with Crippen LogP contribution in [0.25, 0.3) is 5.57 Å². The van der Waals surface area contributed by atoms with Crippen molar-refractivity contribution in [3.05, 3.63) is 88.5 Å². The van der Waals surface area contributed by atoms with E-state index in [0.717, 1.165) is 36.8 Å². The highest BCUT2D eigenvalue weighted by molar-refractivity contribution is 6.30. The second-order valence-electron chi connectivity index (χ2n) is 8.67. The zero-order valence-electron chi connectivity index (χ0n) is 16.2. The monoisotopic (exact) mass is 354 g/mol. The Morgan fingerprint density at radius 2 is 1.44 bits per heavy atom. The Bertz CT molecular complexity index is 979. The molecule has 1 spiro atoms. The van der Waals surface area contributed by atoms with Gasteiger partial charge in [0.2, 0.25) is 0 Å². The first-order valence-electron chi connectivity index (χ1n) is 10.1. The molecule has 0 bridgehead atoms. The van der Waals surface area contributed by atoms with Gasteiger partial charge in [-0.2, -0.15) is 0 Å². The largest absolute Gasteiger partial charge is 0.293 e. The number of allylic oxidation sites excluding steroid dienone is 4. The molecule has 2 aromatic rings. The van der Waals surface area contributed by atoms with Crippen LogP contribution in [0.15, 0.2) is 77.4 Å². The van der Waals surface area contributed by atoms with Gasteiger partial charge < -0.3 is 0 Å². The number of rotatable bonds is 2.